The van der Waals surface area contributed by atoms with Crippen molar-refractivity contribution in [3.8, 4) is 0 Å². The van der Waals surface area contributed by atoms with Crippen molar-refractivity contribution in [2.75, 3.05) is 18.6 Å². The monoisotopic (exact) mass is 289 g/mol. The number of methoxy groups -OCH3 is 1. The molecule has 3 atom stereocenters. The first-order valence-corrected chi connectivity index (χ1v) is 7.79. The first kappa shape index (κ1) is 14.4. The zero-order valence-corrected chi connectivity index (χ0v) is 12.5. The van der Waals surface area contributed by atoms with Crippen LogP contribution in [0.15, 0.2) is 24.3 Å². The molecular weight excluding hydrogens is 266 g/mol. The van der Waals surface area contributed by atoms with Crippen molar-refractivity contribution in [3.05, 3.63) is 29.8 Å². The van der Waals surface area contributed by atoms with E-state index in [0.717, 1.165) is 19.4 Å². The molecule has 0 spiro atoms. The molecule has 0 radical (unpaired) electrons. The molecule has 3 unspecified atom stereocenters. The molecule has 1 aliphatic carbocycles. The molecule has 1 aromatic carbocycles. The molecule has 4 nitrogen and oxygen atoms in total. The summed E-state index contributed by atoms with van der Waals surface area (Å²) in [5, 5.41) is 9.14. The second kappa shape index (κ2) is 6.06. The van der Waals surface area contributed by atoms with Gasteiger partial charge in [-0.05, 0) is 37.3 Å². The van der Waals surface area contributed by atoms with Crippen LogP contribution in [0.2, 0.25) is 0 Å². The van der Waals surface area contributed by atoms with Crippen LogP contribution in [0.5, 0.6) is 0 Å². The molecule has 21 heavy (non-hydrogen) atoms. The quantitative estimate of drug-likeness (QED) is 0.925. The molecule has 0 aromatic heterocycles. The third kappa shape index (κ3) is 2.91. The predicted octanol–water partition coefficient (Wildman–Crippen LogP) is 3.02. The fourth-order valence-electron chi connectivity index (χ4n) is 3.88. The molecule has 2 aliphatic rings. The Kier molecular flexibility index (Phi) is 4.15. The summed E-state index contributed by atoms with van der Waals surface area (Å²) in [6.45, 7) is 0.826. The molecule has 4 heteroatoms. The number of carboxylic acids is 1. The number of anilines is 1. The molecule has 1 aromatic rings. The van der Waals surface area contributed by atoms with E-state index in [1.165, 1.54) is 24.1 Å². The SMILES string of the molecule is COC1CCCC(N2CC(CC(=O)O)c3ccccc32)C1. The van der Waals surface area contributed by atoms with Gasteiger partial charge in [-0.15, -0.1) is 0 Å². The van der Waals surface area contributed by atoms with E-state index in [-0.39, 0.29) is 12.3 Å². The predicted molar refractivity (Wildman–Crippen MR) is 81.8 cm³/mol. The zero-order chi connectivity index (χ0) is 14.8. The summed E-state index contributed by atoms with van der Waals surface area (Å²) in [5.41, 5.74) is 2.42. The molecule has 114 valence electrons. The maximum absolute atomic E-state index is 11.1. The van der Waals surface area contributed by atoms with E-state index in [0.29, 0.717) is 12.1 Å². The summed E-state index contributed by atoms with van der Waals surface area (Å²) in [6, 6.07) is 8.75. The van der Waals surface area contributed by atoms with Gasteiger partial charge in [0.1, 0.15) is 0 Å². The number of rotatable bonds is 4. The maximum atomic E-state index is 11.1. The van der Waals surface area contributed by atoms with Crippen LogP contribution in [-0.4, -0.2) is 36.9 Å². The lowest BCUT2D eigenvalue weighted by atomic mass is 9.91. The van der Waals surface area contributed by atoms with Gasteiger partial charge < -0.3 is 14.7 Å². The second-order valence-corrected chi connectivity index (χ2v) is 6.18. The van der Waals surface area contributed by atoms with Gasteiger partial charge in [-0.3, -0.25) is 4.79 Å². The highest BCUT2D eigenvalue weighted by Crippen LogP contribution is 2.41. The lowest BCUT2D eigenvalue weighted by molar-refractivity contribution is -0.137. The molecule has 1 saturated carbocycles. The van der Waals surface area contributed by atoms with Gasteiger partial charge in [0.15, 0.2) is 0 Å². The van der Waals surface area contributed by atoms with E-state index < -0.39 is 5.97 Å². The summed E-state index contributed by atoms with van der Waals surface area (Å²) in [6.07, 6.45) is 5.10. The van der Waals surface area contributed by atoms with Crippen molar-refractivity contribution in [1.82, 2.24) is 0 Å². The number of nitrogens with zero attached hydrogens (tertiary/aromatic N) is 1. The highest BCUT2D eigenvalue weighted by Gasteiger charge is 2.35. The molecule has 0 amide bonds. The largest absolute Gasteiger partial charge is 0.481 e. The molecule has 3 rings (SSSR count). The Bertz CT molecular complexity index is 517. The Hall–Kier alpha value is -1.55. The highest BCUT2D eigenvalue weighted by molar-refractivity contribution is 5.71. The van der Waals surface area contributed by atoms with Gasteiger partial charge in [0.2, 0.25) is 0 Å². The van der Waals surface area contributed by atoms with Crippen LogP contribution in [0.25, 0.3) is 0 Å². The van der Waals surface area contributed by atoms with Gasteiger partial charge in [-0.2, -0.15) is 0 Å². The smallest absolute Gasteiger partial charge is 0.304 e. The lowest BCUT2D eigenvalue weighted by Crippen LogP contribution is -2.40. The number of carboxylic acid groups (broad SMARTS) is 1. The van der Waals surface area contributed by atoms with Crippen molar-refractivity contribution in [2.45, 2.75) is 50.2 Å². The van der Waals surface area contributed by atoms with E-state index in [2.05, 4.69) is 17.0 Å². The van der Waals surface area contributed by atoms with Crippen LogP contribution < -0.4 is 4.90 Å². The molecule has 1 fully saturated rings. The summed E-state index contributed by atoms with van der Waals surface area (Å²) in [5.74, 6) is -0.600. The zero-order valence-electron chi connectivity index (χ0n) is 12.5. The Morgan fingerprint density at radius 1 is 1.38 bits per heavy atom. The molecular formula is C17H23NO3. The average molecular weight is 289 g/mol. The molecule has 1 heterocycles. The van der Waals surface area contributed by atoms with Crippen molar-refractivity contribution in [2.24, 2.45) is 0 Å². The number of benzene rings is 1. The van der Waals surface area contributed by atoms with Crippen molar-refractivity contribution < 1.29 is 14.6 Å². The fraction of sp³-hybridized carbons (Fsp3) is 0.588. The van der Waals surface area contributed by atoms with Crippen molar-refractivity contribution in [1.29, 1.82) is 0 Å². The first-order chi connectivity index (χ1) is 10.2. The Balaban J connectivity index is 1.82. The average Bonchev–Trinajstić information content (AvgIpc) is 2.86. The molecule has 1 N–H and O–H groups in total. The standard InChI is InChI=1S/C17H23NO3/c1-21-14-6-4-5-13(10-14)18-11-12(9-17(19)20)15-7-2-3-8-16(15)18/h2-3,7-8,12-14H,4-6,9-11H2,1H3,(H,19,20). The molecule has 0 saturated heterocycles. The van der Waals surface area contributed by atoms with Gasteiger partial charge in [0.25, 0.3) is 0 Å². The second-order valence-electron chi connectivity index (χ2n) is 6.18. The van der Waals surface area contributed by atoms with Gasteiger partial charge in [0, 0.05) is 31.3 Å². The van der Waals surface area contributed by atoms with E-state index in [1.54, 1.807) is 7.11 Å². The van der Waals surface area contributed by atoms with E-state index in [9.17, 15) is 4.79 Å². The summed E-state index contributed by atoms with van der Waals surface area (Å²) < 4.78 is 5.54. The number of carbonyl (C=O) groups is 1. The normalized spacial score (nSPS) is 28.4. The fourth-order valence-corrected chi connectivity index (χ4v) is 3.88. The van der Waals surface area contributed by atoms with Crippen LogP contribution in [0.1, 0.15) is 43.6 Å². The number of fused-ring (bicyclic) bond motifs is 1. The van der Waals surface area contributed by atoms with Crippen LogP contribution in [0.3, 0.4) is 0 Å². The Labute approximate surface area is 125 Å². The minimum absolute atomic E-state index is 0.113. The van der Waals surface area contributed by atoms with E-state index in [4.69, 9.17) is 9.84 Å². The molecule has 0 bridgehead atoms. The lowest BCUT2D eigenvalue weighted by Gasteiger charge is -2.36. The summed E-state index contributed by atoms with van der Waals surface area (Å²) in [4.78, 5) is 13.5. The van der Waals surface area contributed by atoms with E-state index >= 15 is 0 Å². The number of hydrogen-bond acceptors (Lipinski definition) is 3. The van der Waals surface area contributed by atoms with Gasteiger partial charge in [-0.1, -0.05) is 18.2 Å². The van der Waals surface area contributed by atoms with Crippen LogP contribution in [0, 0.1) is 0 Å². The van der Waals surface area contributed by atoms with Gasteiger partial charge >= 0.3 is 5.97 Å². The van der Waals surface area contributed by atoms with Gasteiger partial charge in [-0.25, -0.2) is 0 Å². The van der Waals surface area contributed by atoms with Crippen molar-refractivity contribution in [3.63, 3.8) is 0 Å². The minimum Gasteiger partial charge on any atom is -0.481 e. The van der Waals surface area contributed by atoms with E-state index in [1.807, 2.05) is 12.1 Å². The summed E-state index contributed by atoms with van der Waals surface area (Å²) in [7, 11) is 1.79. The van der Waals surface area contributed by atoms with Crippen molar-refractivity contribution >= 4 is 11.7 Å². The first-order valence-electron chi connectivity index (χ1n) is 7.79. The Morgan fingerprint density at radius 3 is 2.95 bits per heavy atom. The highest BCUT2D eigenvalue weighted by atomic mass is 16.5. The number of hydrogen-bond donors (Lipinski definition) is 1. The third-order valence-electron chi connectivity index (χ3n) is 4.90. The Morgan fingerprint density at radius 2 is 2.19 bits per heavy atom. The number of ether oxygens (including phenoxy) is 1. The number of aliphatic carboxylic acids is 1. The van der Waals surface area contributed by atoms with Crippen LogP contribution in [0.4, 0.5) is 5.69 Å². The number of para-hydroxylation sites is 1. The third-order valence-corrected chi connectivity index (χ3v) is 4.90. The van der Waals surface area contributed by atoms with Gasteiger partial charge in [0.05, 0.1) is 12.5 Å². The minimum atomic E-state index is -0.713. The molecule has 1 aliphatic heterocycles. The maximum Gasteiger partial charge on any atom is 0.304 e. The van der Waals surface area contributed by atoms with Crippen LogP contribution >= 0.6 is 0 Å². The van der Waals surface area contributed by atoms with Crippen LogP contribution in [-0.2, 0) is 9.53 Å². The summed E-state index contributed by atoms with van der Waals surface area (Å²) >= 11 is 0. The topological polar surface area (TPSA) is 49.8 Å².